The van der Waals surface area contributed by atoms with Gasteiger partial charge in [0.25, 0.3) is 0 Å². The van der Waals surface area contributed by atoms with Crippen molar-refractivity contribution in [2.45, 2.75) is 50.2 Å². The van der Waals surface area contributed by atoms with Gasteiger partial charge in [-0.15, -0.1) is 0 Å². The summed E-state index contributed by atoms with van der Waals surface area (Å²) in [5.41, 5.74) is 8.08. The van der Waals surface area contributed by atoms with Crippen molar-refractivity contribution < 1.29 is 4.74 Å². The van der Waals surface area contributed by atoms with Gasteiger partial charge in [-0.1, -0.05) is 37.2 Å². The van der Waals surface area contributed by atoms with Crippen LogP contribution in [0.1, 0.15) is 44.1 Å². The number of anilines is 1. The van der Waals surface area contributed by atoms with Crippen LogP contribution in [0.3, 0.4) is 0 Å². The second-order valence-electron chi connectivity index (χ2n) is 6.43. The zero-order valence-corrected chi connectivity index (χ0v) is 13.5. The van der Waals surface area contributed by atoms with Crippen molar-refractivity contribution in [3.63, 3.8) is 0 Å². The van der Waals surface area contributed by atoms with E-state index >= 15 is 0 Å². The number of nitrogens with two attached hydrogens (primary N) is 1. The molecule has 1 atom stereocenters. The van der Waals surface area contributed by atoms with Crippen LogP contribution in [0.2, 0.25) is 0 Å². The van der Waals surface area contributed by atoms with Gasteiger partial charge < -0.3 is 15.4 Å². The number of hydrogen-bond donors (Lipinski definition) is 1. The minimum atomic E-state index is 0.203. The average Bonchev–Trinajstić information content (AvgIpc) is 3.09. The summed E-state index contributed by atoms with van der Waals surface area (Å²) < 4.78 is 6.40. The third kappa shape index (κ3) is 3.06. The fourth-order valence-electron chi connectivity index (χ4n) is 3.83. The molecule has 3 nitrogen and oxygen atoms in total. The summed E-state index contributed by atoms with van der Waals surface area (Å²) in [7, 11) is 2.10. The van der Waals surface area contributed by atoms with Crippen LogP contribution in [-0.2, 0) is 4.74 Å². The first-order valence-electron chi connectivity index (χ1n) is 7.87. The van der Waals surface area contributed by atoms with Crippen LogP contribution >= 0.6 is 12.2 Å². The van der Waals surface area contributed by atoms with Crippen LogP contribution in [0, 0.1) is 0 Å². The number of nitrogens with zero attached hydrogens (tertiary/aromatic N) is 1. The first-order chi connectivity index (χ1) is 10.1. The number of benzene rings is 1. The number of thiocarbonyl (C=S) groups is 1. The highest BCUT2D eigenvalue weighted by Gasteiger charge is 2.42. The molecule has 1 aliphatic heterocycles. The Balaban J connectivity index is 1.67. The Kier molecular flexibility index (Phi) is 4.18. The Morgan fingerprint density at radius 1 is 1.33 bits per heavy atom. The van der Waals surface area contributed by atoms with E-state index in [0.717, 1.165) is 17.8 Å². The minimum absolute atomic E-state index is 0.203. The molecule has 2 N–H and O–H groups in total. The Morgan fingerprint density at radius 2 is 2.05 bits per heavy atom. The van der Waals surface area contributed by atoms with Gasteiger partial charge in [-0.25, -0.2) is 0 Å². The molecule has 1 aromatic carbocycles. The second kappa shape index (κ2) is 5.93. The average molecular weight is 304 g/mol. The summed E-state index contributed by atoms with van der Waals surface area (Å²) in [6.45, 7) is 0.904. The summed E-state index contributed by atoms with van der Waals surface area (Å²) in [5, 5.41) is 0. The van der Waals surface area contributed by atoms with Gasteiger partial charge in [0.05, 0.1) is 11.7 Å². The van der Waals surface area contributed by atoms with Crippen LogP contribution in [0.4, 0.5) is 5.69 Å². The van der Waals surface area contributed by atoms with Crippen molar-refractivity contribution >= 4 is 22.9 Å². The molecule has 1 saturated carbocycles. The standard InChI is InChI=1S/C17H24N2OS/c1-19(15-7-3-2-6-14(15)16(18)21)12-13-8-11-17(20-13)9-4-5-10-17/h2-3,6-7,13H,4-5,8-12H2,1H3,(H2,18,21). The molecular weight excluding hydrogens is 280 g/mol. The fourth-order valence-corrected chi connectivity index (χ4v) is 4.00. The molecule has 0 aromatic heterocycles. The van der Waals surface area contributed by atoms with Gasteiger partial charge in [-0.2, -0.15) is 0 Å². The van der Waals surface area contributed by atoms with Gasteiger partial charge in [0, 0.05) is 24.8 Å². The quantitative estimate of drug-likeness (QED) is 0.867. The predicted molar refractivity (Wildman–Crippen MR) is 90.9 cm³/mol. The van der Waals surface area contributed by atoms with Gasteiger partial charge in [-0.3, -0.25) is 0 Å². The summed E-state index contributed by atoms with van der Waals surface area (Å²) in [5.74, 6) is 0. The predicted octanol–water partition coefficient (Wildman–Crippen LogP) is 3.25. The molecule has 1 aromatic rings. The van der Waals surface area contributed by atoms with Crippen molar-refractivity contribution in [1.82, 2.24) is 0 Å². The third-order valence-electron chi connectivity index (χ3n) is 4.91. The highest BCUT2D eigenvalue weighted by molar-refractivity contribution is 7.80. The molecule has 114 valence electrons. The van der Waals surface area contributed by atoms with E-state index in [2.05, 4.69) is 18.0 Å². The first kappa shape index (κ1) is 14.8. The van der Waals surface area contributed by atoms with E-state index in [1.54, 1.807) is 0 Å². The summed E-state index contributed by atoms with van der Waals surface area (Å²) in [4.78, 5) is 2.68. The van der Waals surface area contributed by atoms with E-state index in [-0.39, 0.29) is 5.60 Å². The van der Waals surface area contributed by atoms with Crippen LogP contribution in [0.15, 0.2) is 24.3 Å². The van der Waals surface area contributed by atoms with E-state index in [1.807, 2.05) is 18.2 Å². The van der Waals surface area contributed by atoms with Crippen molar-refractivity contribution in [3.8, 4) is 0 Å². The second-order valence-corrected chi connectivity index (χ2v) is 6.87. The molecule has 0 amide bonds. The molecule has 3 rings (SSSR count). The molecule has 2 fully saturated rings. The molecule has 4 heteroatoms. The van der Waals surface area contributed by atoms with Gasteiger partial charge in [-0.05, 0) is 37.8 Å². The Bertz CT molecular complexity index is 525. The lowest BCUT2D eigenvalue weighted by molar-refractivity contribution is -0.0324. The SMILES string of the molecule is CN(CC1CCC2(CCCC2)O1)c1ccccc1C(N)=S. The van der Waals surface area contributed by atoms with Crippen LogP contribution in [-0.4, -0.2) is 30.3 Å². The number of rotatable bonds is 4. The van der Waals surface area contributed by atoms with Gasteiger partial charge in [0.1, 0.15) is 4.99 Å². The Morgan fingerprint density at radius 3 is 2.76 bits per heavy atom. The topological polar surface area (TPSA) is 38.5 Å². The van der Waals surface area contributed by atoms with E-state index < -0.39 is 0 Å². The molecule has 1 unspecified atom stereocenters. The lowest BCUT2D eigenvalue weighted by Crippen LogP contribution is -2.33. The van der Waals surface area contributed by atoms with Crippen molar-refractivity contribution in [1.29, 1.82) is 0 Å². The van der Waals surface area contributed by atoms with Crippen LogP contribution < -0.4 is 10.6 Å². The molecule has 1 aliphatic carbocycles. The van der Waals surface area contributed by atoms with Crippen molar-refractivity contribution in [3.05, 3.63) is 29.8 Å². The molecule has 0 radical (unpaired) electrons. The summed E-state index contributed by atoms with van der Waals surface area (Å²) in [6.07, 6.45) is 7.86. The number of ether oxygens (including phenoxy) is 1. The van der Waals surface area contributed by atoms with Crippen LogP contribution in [0.25, 0.3) is 0 Å². The summed E-state index contributed by atoms with van der Waals surface area (Å²) >= 11 is 5.15. The summed E-state index contributed by atoms with van der Waals surface area (Å²) in [6, 6.07) is 8.07. The maximum absolute atomic E-state index is 6.40. The lowest BCUT2D eigenvalue weighted by atomic mass is 9.98. The molecule has 1 heterocycles. The first-order valence-corrected chi connectivity index (χ1v) is 8.28. The number of para-hydroxylation sites is 1. The maximum Gasteiger partial charge on any atom is 0.106 e. The Labute approximate surface area is 132 Å². The number of hydrogen-bond acceptors (Lipinski definition) is 3. The van der Waals surface area contributed by atoms with Gasteiger partial charge in [0.2, 0.25) is 0 Å². The van der Waals surface area contributed by atoms with E-state index in [0.29, 0.717) is 11.1 Å². The normalized spacial score (nSPS) is 23.6. The largest absolute Gasteiger partial charge is 0.389 e. The highest BCUT2D eigenvalue weighted by Crippen LogP contribution is 2.43. The zero-order chi connectivity index (χ0) is 14.9. The highest BCUT2D eigenvalue weighted by atomic mass is 32.1. The van der Waals surface area contributed by atoms with E-state index in [1.165, 1.54) is 38.5 Å². The molecule has 0 bridgehead atoms. The van der Waals surface area contributed by atoms with E-state index in [9.17, 15) is 0 Å². The van der Waals surface area contributed by atoms with Crippen molar-refractivity contribution in [2.24, 2.45) is 5.73 Å². The molecule has 1 saturated heterocycles. The molecular formula is C17H24N2OS. The Hall–Kier alpha value is -1.13. The maximum atomic E-state index is 6.40. The van der Waals surface area contributed by atoms with E-state index in [4.69, 9.17) is 22.7 Å². The number of likely N-dealkylation sites (N-methyl/N-ethyl adjacent to an activating group) is 1. The molecule has 1 spiro atoms. The fraction of sp³-hybridized carbons (Fsp3) is 0.588. The van der Waals surface area contributed by atoms with Crippen molar-refractivity contribution in [2.75, 3.05) is 18.5 Å². The monoisotopic (exact) mass is 304 g/mol. The zero-order valence-electron chi connectivity index (χ0n) is 12.7. The lowest BCUT2D eigenvalue weighted by Gasteiger charge is -2.28. The van der Waals surface area contributed by atoms with Gasteiger partial charge >= 0.3 is 0 Å². The molecule has 2 aliphatic rings. The van der Waals surface area contributed by atoms with Crippen LogP contribution in [0.5, 0.6) is 0 Å². The third-order valence-corrected chi connectivity index (χ3v) is 5.13. The minimum Gasteiger partial charge on any atom is -0.389 e. The van der Waals surface area contributed by atoms with Gasteiger partial charge in [0.15, 0.2) is 0 Å². The molecule has 21 heavy (non-hydrogen) atoms. The smallest absolute Gasteiger partial charge is 0.106 e.